The Bertz CT molecular complexity index is 975. The summed E-state index contributed by atoms with van der Waals surface area (Å²) >= 11 is 0. The maximum absolute atomic E-state index is 12.5. The normalized spacial score (nSPS) is 21.2. The number of likely N-dealkylation sites (tertiary alicyclic amines) is 1. The number of H-pyrrole nitrogens is 1. The van der Waals surface area contributed by atoms with Crippen LogP contribution in [0.25, 0.3) is 21.9 Å². The van der Waals surface area contributed by atoms with Crippen molar-refractivity contribution in [2.75, 3.05) is 13.1 Å². The van der Waals surface area contributed by atoms with E-state index < -0.39 is 0 Å². The first kappa shape index (κ1) is 14.8. The van der Waals surface area contributed by atoms with E-state index >= 15 is 0 Å². The highest BCUT2D eigenvalue weighted by molar-refractivity contribution is 6.04. The van der Waals surface area contributed by atoms with E-state index in [2.05, 4.69) is 24.8 Å². The average Bonchev–Trinajstić information content (AvgIpc) is 3.37. The van der Waals surface area contributed by atoms with Crippen LogP contribution < -0.4 is 0 Å². The van der Waals surface area contributed by atoms with Gasteiger partial charge in [0.15, 0.2) is 5.65 Å². The number of aromatic nitrogens is 4. The Morgan fingerprint density at radius 3 is 3.00 bits per heavy atom. The Morgan fingerprint density at radius 2 is 2.16 bits per heavy atom. The van der Waals surface area contributed by atoms with Crippen LogP contribution >= 0.6 is 0 Å². The van der Waals surface area contributed by atoms with E-state index in [0.29, 0.717) is 11.8 Å². The highest BCUT2D eigenvalue weighted by Gasteiger charge is 2.36. The zero-order chi connectivity index (χ0) is 17.0. The van der Waals surface area contributed by atoms with E-state index in [1.54, 1.807) is 6.20 Å². The summed E-state index contributed by atoms with van der Waals surface area (Å²) in [5, 5.41) is 2.15. The van der Waals surface area contributed by atoms with Gasteiger partial charge in [-0.25, -0.2) is 15.0 Å². The minimum Gasteiger partial charge on any atom is -0.346 e. The van der Waals surface area contributed by atoms with Crippen molar-refractivity contribution >= 4 is 27.8 Å². The molecule has 1 aliphatic heterocycles. The summed E-state index contributed by atoms with van der Waals surface area (Å²) in [6.07, 6.45) is 7.87. The minimum atomic E-state index is 0.286. The second-order valence-electron chi connectivity index (χ2n) is 7.33. The maximum atomic E-state index is 12.5. The van der Waals surface area contributed by atoms with Gasteiger partial charge in [0.05, 0.1) is 11.7 Å². The van der Waals surface area contributed by atoms with Crippen molar-refractivity contribution in [3.05, 3.63) is 30.0 Å². The number of rotatable bonds is 2. The van der Waals surface area contributed by atoms with Crippen molar-refractivity contribution < 1.29 is 4.79 Å². The number of amides is 1. The molecule has 0 radical (unpaired) electrons. The fourth-order valence-electron chi connectivity index (χ4n) is 4.09. The van der Waals surface area contributed by atoms with Gasteiger partial charge in [0, 0.05) is 47.6 Å². The number of aryl methyl sites for hydroxylation is 1. The number of nitrogens with zero attached hydrogens (tertiary/aromatic N) is 4. The van der Waals surface area contributed by atoms with Crippen LogP contribution in [0.3, 0.4) is 0 Å². The number of pyridine rings is 1. The lowest BCUT2D eigenvalue weighted by atomic mass is 9.91. The highest BCUT2D eigenvalue weighted by atomic mass is 16.2. The molecule has 2 aliphatic rings. The molecule has 1 N–H and O–H groups in total. The van der Waals surface area contributed by atoms with Gasteiger partial charge in [0.2, 0.25) is 5.91 Å². The molecule has 0 spiro atoms. The lowest BCUT2D eigenvalue weighted by molar-refractivity contribution is -0.133. The quantitative estimate of drug-likeness (QED) is 0.781. The highest BCUT2D eigenvalue weighted by Crippen LogP contribution is 2.36. The van der Waals surface area contributed by atoms with E-state index in [-0.39, 0.29) is 5.92 Å². The van der Waals surface area contributed by atoms with Crippen LogP contribution in [-0.2, 0) is 4.79 Å². The minimum absolute atomic E-state index is 0.286. The van der Waals surface area contributed by atoms with Gasteiger partial charge in [-0.05, 0) is 38.7 Å². The number of aromatic amines is 1. The second-order valence-corrected chi connectivity index (χ2v) is 7.33. The Morgan fingerprint density at radius 1 is 1.28 bits per heavy atom. The third-order valence-electron chi connectivity index (χ3n) is 5.45. The first-order valence-corrected chi connectivity index (χ1v) is 9.09. The monoisotopic (exact) mass is 335 g/mol. The molecule has 4 heterocycles. The van der Waals surface area contributed by atoms with Crippen LogP contribution in [0.4, 0.5) is 0 Å². The number of hydrogen-bond donors (Lipinski definition) is 1. The summed E-state index contributed by atoms with van der Waals surface area (Å²) in [7, 11) is 0. The van der Waals surface area contributed by atoms with Gasteiger partial charge >= 0.3 is 0 Å². The van der Waals surface area contributed by atoms with E-state index in [1.807, 2.05) is 19.2 Å². The van der Waals surface area contributed by atoms with Crippen molar-refractivity contribution in [3.8, 4) is 0 Å². The number of nitrogens with one attached hydrogen (secondary N) is 1. The topological polar surface area (TPSA) is 74.8 Å². The van der Waals surface area contributed by atoms with E-state index in [1.165, 1.54) is 5.69 Å². The molecular weight excluding hydrogens is 314 g/mol. The first-order valence-electron chi connectivity index (χ1n) is 9.09. The van der Waals surface area contributed by atoms with Crippen molar-refractivity contribution in [1.29, 1.82) is 0 Å². The third-order valence-corrected chi connectivity index (χ3v) is 5.45. The fourth-order valence-corrected chi connectivity index (χ4v) is 4.09. The standard InChI is InChI=1S/C19H21N5O/c1-11-22-15-9-21-18-14(6-7-20-18)16(15)17(23-11)13-3-2-8-24(10-13)19(25)12-4-5-12/h6-7,9,12-13H,2-5,8,10H2,1H3,(H,22,23). The molecule has 3 aromatic heterocycles. The van der Waals surface area contributed by atoms with Crippen LogP contribution in [0.2, 0.25) is 0 Å². The molecular formula is C19H21N5O. The van der Waals surface area contributed by atoms with Gasteiger partial charge in [0.25, 0.3) is 0 Å². The van der Waals surface area contributed by atoms with Gasteiger partial charge in [0.1, 0.15) is 5.82 Å². The number of carbonyl (C=O) groups excluding carboxylic acids is 1. The predicted octanol–water partition coefficient (Wildman–Crippen LogP) is 2.93. The molecule has 1 atom stereocenters. The molecule has 6 nitrogen and oxygen atoms in total. The Labute approximate surface area is 145 Å². The summed E-state index contributed by atoms with van der Waals surface area (Å²) in [6.45, 7) is 3.66. The van der Waals surface area contributed by atoms with Crippen molar-refractivity contribution in [2.45, 2.75) is 38.5 Å². The molecule has 1 saturated carbocycles. The maximum Gasteiger partial charge on any atom is 0.225 e. The van der Waals surface area contributed by atoms with E-state index in [4.69, 9.17) is 0 Å². The van der Waals surface area contributed by atoms with Gasteiger partial charge in [-0.1, -0.05) is 0 Å². The molecule has 25 heavy (non-hydrogen) atoms. The average molecular weight is 335 g/mol. The summed E-state index contributed by atoms with van der Waals surface area (Å²) in [6, 6.07) is 2.01. The first-order chi connectivity index (χ1) is 12.2. The van der Waals surface area contributed by atoms with Crippen LogP contribution in [-0.4, -0.2) is 43.8 Å². The van der Waals surface area contributed by atoms with Gasteiger partial charge < -0.3 is 9.88 Å². The SMILES string of the molecule is Cc1nc2cnc3nccc3c2c(C2CCCN(C(=O)C3CC3)C2)[nH]1. The zero-order valence-electron chi connectivity index (χ0n) is 14.3. The third kappa shape index (κ3) is 2.47. The smallest absolute Gasteiger partial charge is 0.225 e. The molecule has 1 unspecified atom stereocenters. The summed E-state index contributed by atoms with van der Waals surface area (Å²) in [5.74, 6) is 1.82. The van der Waals surface area contributed by atoms with Gasteiger partial charge in [-0.15, -0.1) is 0 Å². The fraction of sp³-hybridized carbons (Fsp3) is 0.474. The second kappa shape index (κ2) is 5.51. The van der Waals surface area contributed by atoms with E-state index in [9.17, 15) is 4.79 Å². The zero-order valence-corrected chi connectivity index (χ0v) is 14.3. The Hall–Kier alpha value is -2.50. The molecule has 1 aliphatic carbocycles. The molecule has 5 rings (SSSR count). The van der Waals surface area contributed by atoms with Crippen LogP contribution in [0.15, 0.2) is 18.5 Å². The molecule has 1 amide bonds. The van der Waals surface area contributed by atoms with Gasteiger partial charge in [-0.3, -0.25) is 4.79 Å². The number of fused-ring (bicyclic) bond motifs is 3. The largest absolute Gasteiger partial charge is 0.346 e. The number of hydrogen-bond acceptors (Lipinski definition) is 4. The van der Waals surface area contributed by atoms with Crippen LogP contribution in [0, 0.1) is 12.8 Å². The lowest BCUT2D eigenvalue weighted by Crippen LogP contribution is -2.40. The van der Waals surface area contributed by atoms with Crippen LogP contribution in [0.1, 0.15) is 43.1 Å². The molecule has 0 aromatic carbocycles. The number of carbonyl (C=O) groups is 1. The molecule has 0 bridgehead atoms. The Kier molecular flexibility index (Phi) is 3.26. The summed E-state index contributed by atoms with van der Waals surface area (Å²) < 4.78 is 0. The number of piperidine rings is 1. The molecule has 128 valence electrons. The Balaban J connectivity index is 1.61. The lowest BCUT2D eigenvalue weighted by Gasteiger charge is -2.33. The van der Waals surface area contributed by atoms with Crippen LogP contribution in [0.5, 0.6) is 0 Å². The van der Waals surface area contributed by atoms with Crippen molar-refractivity contribution in [3.63, 3.8) is 0 Å². The summed E-state index contributed by atoms with van der Waals surface area (Å²) in [4.78, 5) is 31.5. The molecule has 2 fully saturated rings. The van der Waals surface area contributed by atoms with E-state index in [0.717, 1.165) is 66.5 Å². The van der Waals surface area contributed by atoms with Crippen molar-refractivity contribution in [1.82, 2.24) is 24.8 Å². The molecule has 6 heteroatoms. The predicted molar refractivity (Wildman–Crippen MR) is 95.2 cm³/mol. The molecule has 1 saturated heterocycles. The van der Waals surface area contributed by atoms with Crippen molar-refractivity contribution in [2.24, 2.45) is 5.92 Å². The molecule has 3 aromatic rings. The van der Waals surface area contributed by atoms with Gasteiger partial charge in [-0.2, -0.15) is 0 Å². The summed E-state index contributed by atoms with van der Waals surface area (Å²) in [5.41, 5.74) is 2.84.